The van der Waals surface area contributed by atoms with E-state index < -0.39 is 0 Å². The highest BCUT2D eigenvalue weighted by Gasteiger charge is 2.30. The third-order valence-corrected chi connectivity index (χ3v) is 9.11. The smallest absolute Gasteiger partial charge is 0.249 e. The molecule has 5 N–H and O–H groups in total. The number of nitrogens with two attached hydrogens (primary N) is 1. The van der Waals surface area contributed by atoms with Gasteiger partial charge < -0.3 is 16.4 Å². The molecule has 0 unspecified atom stereocenters. The van der Waals surface area contributed by atoms with Gasteiger partial charge in [-0.25, -0.2) is 9.03 Å². The van der Waals surface area contributed by atoms with Crippen LogP contribution in [0.25, 0.3) is 33.8 Å². The Kier molecular flexibility index (Phi) is 8.65. The second-order valence-corrected chi connectivity index (χ2v) is 13.1. The summed E-state index contributed by atoms with van der Waals surface area (Å²) < 4.78 is 3.54. The van der Waals surface area contributed by atoms with Crippen molar-refractivity contribution in [1.82, 2.24) is 44.7 Å². The number of piperazine rings is 1. The lowest BCUT2D eigenvalue weighted by Crippen LogP contribution is -2.47. The molecule has 5 heterocycles. The summed E-state index contributed by atoms with van der Waals surface area (Å²) in [6.45, 7) is 3.74. The van der Waals surface area contributed by atoms with Gasteiger partial charge in [-0.3, -0.25) is 19.8 Å². The first-order valence-electron chi connectivity index (χ1n) is 17.1. The molecule has 1 aliphatic heterocycles. The maximum Gasteiger partial charge on any atom is 0.249 e. The molecule has 9 rings (SSSR count). The summed E-state index contributed by atoms with van der Waals surface area (Å²) in [5.41, 5.74) is 13.6. The lowest BCUT2D eigenvalue weighted by molar-refractivity contribution is -0.124. The van der Waals surface area contributed by atoms with E-state index in [2.05, 4.69) is 89.5 Å². The topological polar surface area (TPSA) is 160 Å². The van der Waals surface area contributed by atoms with Crippen LogP contribution in [0, 0.1) is 5.92 Å². The van der Waals surface area contributed by atoms with Crippen molar-refractivity contribution in [3.63, 3.8) is 0 Å². The number of hydrogen-bond donors (Lipinski definition) is 4. The lowest BCUT2D eigenvalue weighted by atomic mass is 10.1. The van der Waals surface area contributed by atoms with E-state index in [-0.39, 0.29) is 23.7 Å². The fourth-order valence-electron chi connectivity index (χ4n) is 6.08. The highest BCUT2D eigenvalue weighted by Crippen LogP contribution is 2.30. The van der Waals surface area contributed by atoms with E-state index in [1.807, 2.05) is 36.4 Å². The number of pyridine rings is 2. The summed E-state index contributed by atoms with van der Waals surface area (Å²) in [4.78, 5) is 34.2. The van der Waals surface area contributed by atoms with Gasteiger partial charge >= 0.3 is 0 Å². The number of hydrogen-bond acceptors (Lipinski definition) is 9. The molecule has 1 saturated heterocycles. The number of nitrogen functional groups attached to an aromatic ring is 1. The van der Waals surface area contributed by atoms with Crippen molar-refractivity contribution in [3.05, 3.63) is 96.1 Å². The predicted molar refractivity (Wildman–Crippen MR) is 191 cm³/mol. The molecule has 0 bridgehead atoms. The summed E-state index contributed by atoms with van der Waals surface area (Å²) in [7, 11) is 0. The first-order chi connectivity index (χ1) is 24.4. The summed E-state index contributed by atoms with van der Waals surface area (Å²) in [6, 6.07) is 29.2. The molecule has 13 nitrogen and oxygen atoms in total. The molecule has 2 aromatic carbocycles. The molecule has 0 atom stereocenters. The Morgan fingerprint density at radius 2 is 1.44 bits per heavy atom. The standard InChI is InChI=1S/C20H21N5O.C17H18N6O/c26-19(15-8-9-15)23-20-22-18-3-1-2-17(25(18)24-20)14-6-4-13(5-7-14)12-21-16-10-11-16;18-17-20-15-3-1-2-14(23(15)21-17)13-6-4-12(5-7-13)10-22-9-8-19-16(24)11-22/h1-7,15-16,21H,8-12H2,(H,23,24,26);1-7H,8-11H2,(H2,18,21)(H,19,24). The van der Waals surface area contributed by atoms with Crippen LogP contribution in [0.4, 0.5) is 11.9 Å². The highest BCUT2D eigenvalue weighted by atomic mass is 16.2. The predicted octanol–water partition coefficient (Wildman–Crippen LogP) is 3.91. The molecule has 2 saturated carbocycles. The molecular weight excluding hydrogens is 630 g/mol. The Morgan fingerprint density at radius 1 is 0.800 bits per heavy atom. The van der Waals surface area contributed by atoms with Gasteiger partial charge in [0.05, 0.1) is 17.9 Å². The van der Waals surface area contributed by atoms with Gasteiger partial charge in [-0.15, -0.1) is 10.2 Å². The van der Waals surface area contributed by atoms with Crippen LogP contribution in [0.3, 0.4) is 0 Å². The van der Waals surface area contributed by atoms with Crippen LogP contribution in [0.2, 0.25) is 0 Å². The van der Waals surface area contributed by atoms with E-state index in [0.29, 0.717) is 25.1 Å². The molecule has 6 aromatic rings. The van der Waals surface area contributed by atoms with E-state index in [1.54, 1.807) is 9.03 Å². The monoisotopic (exact) mass is 669 g/mol. The minimum absolute atomic E-state index is 0.0231. The van der Waals surface area contributed by atoms with E-state index in [9.17, 15) is 9.59 Å². The molecule has 2 aliphatic carbocycles. The first-order valence-corrected chi connectivity index (χ1v) is 17.1. The van der Waals surface area contributed by atoms with Gasteiger partial charge in [0.15, 0.2) is 11.3 Å². The molecular formula is C37H39N11O2. The van der Waals surface area contributed by atoms with Crippen LogP contribution in [-0.4, -0.2) is 71.6 Å². The van der Waals surface area contributed by atoms with Crippen molar-refractivity contribution in [3.8, 4) is 22.5 Å². The zero-order chi connectivity index (χ0) is 34.0. The maximum absolute atomic E-state index is 12.0. The van der Waals surface area contributed by atoms with Gasteiger partial charge in [0.25, 0.3) is 0 Å². The Labute approximate surface area is 288 Å². The van der Waals surface area contributed by atoms with Crippen LogP contribution in [0.5, 0.6) is 0 Å². The van der Waals surface area contributed by atoms with Gasteiger partial charge in [-0.05, 0) is 61.1 Å². The number of fused-ring (bicyclic) bond motifs is 2. The average Bonchev–Trinajstić information content (AvgIpc) is 4.06. The van der Waals surface area contributed by atoms with Crippen molar-refractivity contribution >= 4 is 35.0 Å². The Balaban J connectivity index is 0.000000145. The quantitative estimate of drug-likeness (QED) is 0.179. The van der Waals surface area contributed by atoms with Crippen molar-refractivity contribution < 1.29 is 9.59 Å². The number of carbonyl (C=O) groups is 2. The average molecular weight is 670 g/mol. The maximum atomic E-state index is 12.0. The number of nitrogens with zero attached hydrogens (tertiary/aromatic N) is 7. The number of nitrogens with one attached hydrogen (secondary N) is 3. The fraction of sp³-hybridized carbons (Fsp3) is 0.297. The van der Waals surface area contributed by atoms with Gasteiger partial charge in [0.1, 0.15) is 0 Å². The Morgan fingerprint density at radius 3 is 2.08 bits per heavy atom. The van der Waals surface area contributed by atoms with Crippen molar-refractivity contribution in [1.29, 1.82) is 0 Å². The summed E-state index contributed by atoms with van der Waals surface area (Å²) >= 11 is 0. The molecule has 4 aromatic heterocycles. The van der Waals surface area contributed by atoms with Crippen molar-refractivity contribution in [2.45, 2.75) is 44.8 Å². The molecule has 2 amide bonds. The number of aromatic nitrogens is 6. The zero-order valence-corrected chi connectivity index (χ0v) is 27.6. The number of amides is 2. The summed E-state index contributed by atoms with van der Waals surface area (Å²) in [5, 5.41) is 17.9. The highest BCUT2D eigenvalue weighted by molar-refractivity contribution is 5.92. The van der Waals surface area contributed by atoms with Crippen molar-refractivity contribution in [2.75, 3.05) is 30.7 Å². The van der Waals surface area contributed by atoms with E-state index in [0.717, 1.165) is 66.3 Å². The van der Waals surface area contributed by atoms with Crippen LogP contribution >= 0.6 is 0 Å². The lowest BCUT2D eigenvalue weighted by Gasteiger charge is -2.26. The molecule has 254 valence electrons. The molecule has 0 radical (unpaired) electrons. The Bertz CT molecular complexity index is 2150. The second kappa shape index (κ2) is 13.7. The number of carbonyl (C=O) groups excluding carboxylic acids is 2. The largest absolute Gasteiger partial charge is 0.366 e. The van der Waals surface area contributed by atoms with E-state index in [1.165, 1.54) is 24.0 Å². The molecule has 13 heteroatoms. The molecule has 0 spiro atoms. The minimum Gasteiger partial charge on any atom is -0.366 e. The van der Waals surface area contributed by atoms with Crippen LogP contribution in [0.15, 0.2) is 84.9 Å². The number of anilines is 2. The van der Waals surface area contributed by atoms with Crippen LogP contribution < -0.4 is 21.7 Å². The molecule has 50 heavy (non-hydrogen) atoms. The normalized spacial score (nSPS) is 16.2. The summed E-state index contributed by atoms with van der Waals surface area (Å²) in [5.74, 6) is 0.892. The fourth-order valence-corrected chi connectivity index (χ4v) is 6.08. The van der Waals surface area contributed by atoms with Gasteiger partial charge in [-0.2, -0.15) is 9.97 Å². The van der Waals surface area contributed by atoms with Crippen molar-refractivity contribution in [2.24, 2.45) is 5.92 Å². The second-order valence-electron chi connectivity index (χ2n) is 13.1. The van der Waals surface area contributed by atoms with Gasteiger partial charge in [0, 0.05) is 49.3 Å². The number of benzene rings is 2. The third kappa shape index (κ3) is 7.33. The summed E-state index contributed by atoms with van der Waals surface area (Å²) in [6.07, 6.45) is 4.52. The first kappa shape index (κ1) is 31.6. The molecule has 3 fully saturated rings. The SMILES string of the molecule is Nc1nc2cccc(-c3ccc(CN4CCNC(=O)C4)cc3)n2n1.O=C(Nc1nc2cccc(-c3ccc(CNC4CC4)cc3)n2n1)C1CC1. The van der Waals surface area contributed by atoms with E-state index >= 15 is 0 Å². The van der Waals surface area contributed by atoms with E-state index in [4.69, 9.17) is 5.73 Å². The number of rotatable bonds is 9. The van der Waals surface area contributed by atoms with Crippen LogP contribution in [0.1, 0.15) is 36.8 Å². The molecule has 3 aliphatic rings. The third-order valence-electron chi connectivity index (χ3n) is 9.11. The van der Waals surface area contributed by atoms with Gasteiger partial charge in [-0.1, -0.05) is 60.7 Å². The van der Waals surface area contributed by atoms with Gasteiger partial charge in [0.2, 0.25) is 23.7 Å². The Hall–Kier alpha value is -5.66. The van der Waals surface area contributed by atoms with Crippen LogP contribution in [-0.2, 0) is 22.7 Å². The minimum atomic E-state index is 0.0231. The zero-order valence-electron chi connectivity index (χ0n) is 27.6.